The van der Waals surface area contributed by atoms with Crippen molar-refractivity contribution in [3.05, 3.63) is 87.9 Å². The highest BCUT2D eigenvalue weighted by molar-refractivity contribution is 7.89. The third-order valence-electron chi connectivity index (χ3n) is 6.55. The molecule has 0 aromatic heterocycles. The van der Waals surface area contributed by atoms with Gasteiger partial charge in [0.2, 0.25) is 15.9 Å². The van der Waals surface area contributed by atoms with E-state index in [0.29, 0.717) is 29.2 Å². The van der Waals surface area contributed by atoms with Crippen LogP contribution in [0.25, 0.3) is 0 Å². The standard InChI is InChI=1S/C28H28Cl2N2O5S/c1-37-26-15-13-22(17-24(26)30)38(35,36)32(21-10-6-3-7-11-21)18-27(33)31-25-14-12-20(29)16-23(25)28(34)19-8-4-2-5-9-19/h2,4-5,8-9,12-17,21H,3,6-7,10-11,18H2,1H3,(H,31,33). The molecule has 0 atom stereocenters. The molecule has 10 heteroatoms. The van der Waals surface area contributed by atoms with Gasteiger partial charge in [-0.15, -0.1) is 0 Å². The predicted octanol–water partition coefficient (Wildman–Crippen LogP) is 6.20. The van der Waals surface area contributed by atoms with Crippen molar-refractivity contribution in [2.45, 2.75) is 43.0 Å². The molecule has 1 N–H and O–H groups in total. The summed E-state index contributed by atoms with van der Waals surface area (Å²) in [5.74, 6) is -0.526. The second kappa shape index (κ2) is 12.3. The summed E-state index contributed by atoms with van der Waals surface area (Å²) in [5, 5.41) is 3.24. The van der Waals surface area contributed by atoms with Gasteiger partial charge in [0.1, 0.15) is 5.75 Å². The lowest BCUT2D eigenvalue weighted by Crippen LogP contribution is -2.45. The van der Waals surface area contributed by atoms with Crippen molar-refractivity contribution in [2.75, 3.05) is 19.0 Å². The van der Waals surface area contributed by atoms with Crippen molar-refractivity contribution < 1.29 is 22.7 Å². The first-order valence-electron chi connectivity index (χ1n) is 12.2. The normalized spacial score (nSPS) is 14.3. The van der Waals surface area contributed by atoms with Crippen molar-refractivity contribution >= 4 is 50.6 Å². The van der Waals surface area contributed by atoms with Gasteiger partial charge in [-0.3, -0.25) is 9.59 Å². The number of amides is 1. The Bertz CT molecular complexity index is 1420. The maximum atomic E-state index is 13.8. The molecule has 1 fully saturated rings. The van der Waals surface area contributed by atoms with Crippen LogP contribution in [-0.4, -0.2) is 44.1 Å². The number of hydrogen-bond donors (Lipinski definition) is 1. The molecule has 1 saturated carbocycles. The second-order valence-corrected chi connectivity index (χ2v) is 11.8. The number of methoxy groups -OCH3 is 1. The summed E-state index contributed by atoms with van der Waals surface area (Å²) in [6, 6.07) is 17.1. The Morgan fingerprint density at radius 3 is 2.34 bits per heavy atom. The summed E-state index contributed by atoms with van der Waals surface area (Å²) in [6.07, 6.45) is 4.05. The molecule has 0 bridgehead atoms. The van der Waals surface area contributed by atoms with Gasteiger partial charge in [0, 0.05) is 22.2 Å². The first-order chi connectivity index (χ1) is 18.2. The van der Waals surface area contributed by atoms with Crippen LogP contribution in [0.3, 0.4) is 0 Å². The van der Waals surface area contributed by atoms with Crippen molar-refractivity contribution in [1.82, 2.24) is 4.31 Å². The number of nitrogens with zero attached hydrogens (tertiary/aromatic N) is 1. The minimum atomic E-state index is -4.07. The number of anilines is 1. The molecular weight excluding hydrogens is 547 g/mol. The molecule has 0 spiro atoms. The summed E-state index contributed by atoms with van der Waals surface area (Å²) in [5.41, 5.74) is 0.904. The van der Waals surface area contributed by atoms with Crippen LogP contribution in [0, 0.1) is 0 Å². The summed E-state index contributed by atoms with van der Waals surface area (Å²) >= 11 is 12.4. The zero-order chi connectivity index (χ0) is 27.3. The van der Waals surface area contributed by atoms with Crippen LogP contribution in [0.1, 0.15) is 48.0 Å². The zero-order valence-corrected chi connectivity index (χ0v) is 23.2. The predicted molar refractivity (Wildman–Crippen MR) is 149 cm³/mol. The Hall–Kier alpha value is -2.91. The number of carbonyl (C=O) groups excluding carboxylic acids is 2. The number of ketones is 1. The van der Waals surface area contributed by atoms with Crippen LogP contribution in [-0.2, 0) is 14.8 Å². The fourth-order valence-corrected chi connectivity index (χ4v) is 6.77. The van der Waals surface area contributed by atoms with Gasteiger partial charge in [-0.2, -0.15) is 4.31 Å². The van der Waals surface area contributed by atoms with Gasteiger partial charge >= 0.3 is 0 Å². The smallest absolute Gasteiger partial charge is 0.243 e. The summed E-state index contributed by atoms with van der Waals surface area (Å²) < 4.78 is 33.9. The minimum Gasteiger partial charge on any atom is -0.495 e. The molecule has 7 nitrogen and oxygen atoms in total. The Kier molecular flexibility index (Phi) is 9.10. The Morgan fingerprint density at radius 1 is 0.974 bits per heavy atom. The van der Waals surface area contributed by atoms with E-state index in [0.717, 1.165) is 19.3 Å². The third kappa shape index (κ3) is 6.38. The van der Waals surface area contributed by atoms with Crippen LogP contribution >= 0.6 is 23.2 Å². The Labute approximate surface area is 232 Å². The SMILES string of the molecule is COc1ccc(S(=O)(=O)N(CC(=O)Nc2ccc(Cl)cc2C(=O)c2ccccc2)C2CCCCC2)cc1Cl. The monoisotopic (exact) mass is 574 g/mol. The van der Waals surface area contributed by atoms with Gasteiger partial charge < -0.3 is 10.1 Å². The van der Waals surface area contributed by atoms with Crippen molar-refractivity contribution in [2.24, 2.45) is 0 Å². The average Bonchev–Trinajstić information content (AvgIpc) is 2.93. The fraction of sp³-hybridized carbons (Fsp3) is 0.286. The third-order valence-corrected chi connectivity index (χ3v) is 8.97. The topological polar surface area (TPSA) is 92.8 Å². The van der Waals surface area contributed by atoms with Crippen LogP contribution in [0.5, 0.6) is 5.75 Å². The maximum Gasteiger partial charge on any atom is 0.243 e. The average molecular weight is 576 g/mol. The highest BCUT2D eigenvalue weighted by Gasteiger charge is 2.34. The van der Waals surface area contributed by atoms with E-state index in [9.17, 15) is 18.0 Å². The highest BCUT2D eigenvalue weighted by Crippen LogP contribution is 2.32. The minimum absolute atomic E-state index is 0.0203. The van der Waals surface area contributed by atoms with Gasteiger partial charge in [0.15, 0.2) is 5.78 Å². The van der Waals surface area contributed by atoms with Crippen LogP contribution in [0.15, 0.2) is 71.6 Å². The van der Waals surface area contributed by atoms with Crippen LogP contribution in [0.2, 0.25) is 10.0 Å². The number of hydrogen-bond acceptors (Lipinski definition) is 5. The number of ether oxygens (including phenoxy) is 1. The molecule has 0 heterocycles. The van der Waals surface area contributed by atoms with E-state index in [1.165, 1.54) is 35.7 Å². The molecule has 200 valence electrons. The molecule has 0 unspecified atom stereocenters. The Balaban J connectivity index is 1.63. The fourth-order valence-electron chi connectivity index (χ4n) is 4.61. The lowest BCUT2D eigenvalue weighted by molar-refractivity contribution is -0.116. The van der Waals surface area contributed by atoms with E-state index in [1.54, 1.807) is 42.5 Å². The molecule has 0 radical (unpaired) electrons. The molecule has 1 aliphatic rings. The van der Waals surface area contributed by atoms with Crippen molar-refractivity contribution in [3.63, 3.8) is 0 Å². The zero-order valence-electron chi connectivity index (χ0n) is 20.8. The van der Waals surface area contributed by atoms with E-state index >= 15 is 0 Å². The molecule has 1 aliphatic carbocycles. The summed E-state index contributed by atoms with van der Waals surface area (Å²) in [6.45, 7) is -0.418. The number of carbonyl (C=O) groups is 2. The van der Waals surface area contributed by atoms with Gasteiger partial charge in [-0.25, -0.2) is 8.42 Å². The molecule has 0 aliphatic heterocycles. The van der Waals surface area contributed by atoms with Crippen molar-refractivity contribution in [3.8, 4) is 5.75 Å². The van der Waals surface area contributed by atoms with E-state index in [4.69, 9.17) is 27.9 Å². The first kappa shape index (κ1) is 28.1. The molecule has 3 aromatic carbocycles. The van der Waals surface area contributed by atoms with Gasteiger partial charge in [-0.1, -0.05) is 72.8 Å². The molecule has 0 saturated heterocycles. The molecular formula is C28H28Cl2N2O5S. The first-order valence-corrected chi connectivity index (χ1v) is 14.4. The van der Waals surface area contributed by atoms with E-state index in [-0.39, 0.29) is 33.0 Å². The summed E-state index contributed by atoms with van der Waals surface area (Å²) in [4.78, 5) is 26.4. The lowest BCUT2D eigenvalue weighted by atomic mass is 9.95. The molecule has 38 heavy (non-hydrogen) atoms. The number of benzene rings is 3. The van der Waals surface area contributed by atoms with Gasteiger partial charge in [0.25, 0.3) is 0 Å². The van der Waals surface area contributed by atoms with Gasteiger partial charge in [-0.05, 0) is 49.2 Å². The molecule has 1 amide bonds. The lowest BCUT2D eigenvalue weighted by Gasteiger charge is -2.33. The number of halogens is 2. The van der Waals surface area contributed by atoms with E-state index in [1.807, 2.05) is 0 Å². The van der Waals surface area contributed by atoms with E-state index in [2.05, 4.69) is 5.32 Å². The number of sulfonamides is 1. The maximum absolute atomic E-state index is 13.8. The van der Waals surface area contributed by atoms with E-state index < -0.39 is 22.5 Å². The van der Waals surface area contributed by atoms with Crippen LogP contribution < -0.4 is 10.1 Å². The van der Waals surface area contributed by atoms with Gasteiger partial charge in [0.05, 0.1) is 29.3 Å². The summed E-state index contributed by atoms with van der Waals surface area (Å²) in [7, 11) is -2.62. The molecule has 3 aromatic rings. The quantitative estimate of drug-likeness (QED) is 0.307. The highest BCUT2D eigenvalue weighted by atomic mass is 35.5. The largest absolute Gasteiger partial charge is 0.495 e. The molecule has 4 rings (SSSR count). The second-order valence-electron chi connectivity index (χ2n) is 9.07. The van der Waals surface area contributed by atoms with Crippen LogP contribution in [0.4, 0.5) is 5.69 Å². The number of rotatable bonds is 9. The van der Waals surface area contributed by atoms with Crippen molar-refractivity contribution in [1.29, 1.82) is 0 Å². The Morgan fingerprint density at radius 2 is 1.68 bits per heavy atom. The number of nitrogens with one attached hydrogen (secondary N) is 1.